The van der Waals surface area contributed by atoms with Gasteiger partial charge in [0, 0.05) is 18.9 Å². The summed E-state index contributed by atoms with van der Waals surface area (Å²) in [6, 6.07) is 20.0. The molecule has 0 aliphatic carbocycles. The second-order valence-electron chi connectivity index (χ2n) is 4.64. The van der Waals surface area contributed by atoms with Crippen LogP contribution in [0.3, 0.4) is 0 Å². The number of aliphatic imine (C=N–C) groups is 2. The molecular weight excluding hydrogens is 256 g/mol. The lowest BCUT2D eigenvalue weighted by Crippen LogP contribution is -1.84. The Morgan fingerprint density at radius 3 is 2.00 bits per heavy atom. The van der Waals surface area contributed by atoms with Crippen molar-refractivity contribution < 1.29 is 0 Å². The van der Waals surface area contributed by atoms with Crippen LogP contribution in [0.25, 0.3) is 0 Å². The molecule has 0 aliphatic rings. The Morgan fingerprint density at radius 2 is 1.43 bits per heavy atom. The molecule has 2 aromatic carbocycles. The Hall–Kier alpha value is -2.48. The summed E-state index contributed by atoms with van der Waals surface area (Å²) in [5.74, 6) is 0. The van der Waals surface area contributed by atoms with Gasteiger partial charge in [-0.2, -0.15) is 0 Å². The van der Waals surface area contributed by atoms with Crippen LogP contribution in [0, 0.1) is 0 Å². The van der Waals surface area contributed by atoms with Gasteiger partial charge in [-0.25, -0.2) is 0 Å². The first kappa shape index (κ1) is 14.9. The predicted molar refractivity (Wildman–Crippen MR) is 92.2 cm³/mol. The number of para-hydroxylation sites is 2. The summed E-state index contributed by atoms with van der Waals surface area (Å²) in [6.07, 6.45) is 7.75. The zero-order valence-electron chi connectivity index (χ0n) is 12.3. The van der Waals surface area contributed by atoms with Gasteiger partial charge in [-0.3, -0.25) is 9.98 Å². The highest BCUT2D eigenvalue weighted by molar-refractivity contribution is 5.77. The minimum absolute atomic E-state index is 0.853. The number of rotatable bonds is 6. The average Bonchev–Trinajstić information content (AvgIpc) is 2.55. The van der Waals surface area contributed by atoms with Crippen LogP contribution in [-0.4, -0.2) is 12.4 Å². The topological polar surface area (TPSA) is 24.7 Å². The third-order valence-corrected chi connectivity index (χ3v) is 3.09. The summed E-state index contributed by atoms with van der Waals surface area (Å²) < 4.78 is 0. The first-order valence-electron chi connectivity index (χ1n) is 7.23. The van der Waals surface area contributed by atoms with E-state index in [-0.39, 0.29) is 0 Å². The molecule has 21 heavy (non-hydrogen) atoms. The van der Waals surface area contributed by atoms with E-state index in [2.05, 4.69) is 23.0 Å². The maximum Gasteiger partial charge on any atom is 0.0629 e. The largest absolute Gasteiger partial charge is 0.261 e. The van der Waals surface area contributed by atoms with Gasteiger partial charge in [-0.05, 0) is 36.8 Å². The van der Waals surface area contributed by atoms with E-state index < -0.39 is 0 Å². The lowest BCUT2D eigenvalue weighted by Gasteiger charge is -1.98. The molecule has 0 bridgehead atoms. The van der Waals surface area contributed by atoms with Crippen LogP contribution in [-0.2, 0) is 0 Å². The molecule has 106 valence electrons. The molecule has 0 saturated carbocycles. The van der Waals surface area contributed by atoms with Crippen LogP contribution < -0.4 is 0 Å². The van der Waals surface area contributed by atoms with E-state index in [1.807, 2.05) is 73.1 Å². The van der Waals surface area contributed by atoms with Crippen molar-refractivity contribution in [3.8, 4) is 0 Å². The fourth-order valence-corrected chi connectivity index (χ4v) is 1.86. The standard InChI is InChI=1S/C19H20N2/c1-2-17(13-15-20-18-9-5-3-6-10-18)14-16-21-19-11-7-4-8-12-19/h3-13,15-16H,2,14H2,1H3/b17-13+,20-15?,21-16?. The second kappa shape index (κ2) is 8.64. The number of benzene rings is 2. The zero-order valence-corrected chi connectivity index (χ0v) is 12.3. The van der Waals surface area contributed by atoms with Crippen molar-refractivity contribution in [1.29, 1.82) is 0 Å². The third-order valence-electron chi connectivity index (χ3n) is 3.09. The summed E-state index contributed by atoms with van der Waals surface area (Å²) in [5.41, 5.74) is 3.28. The number of hydrogen-bond acceptors (Lipinski definition) is 2. The molecule has 0 unspecified atom stereocenters. The quantitative estimate of drug-likeness (QED) is 0.621. The van der Waals surface area contributed by atoms with Gasteiger partial charge >= 0.3 is 0 Å². The molecule has 2 aromatic rings. The number of nitrogens with zero attached hydrogens (tertiary/aromatic N) is 2. The molecule has 2 nitrogen and oxygen atoms in total. The maximum absolute atomic E-state index is 4.45. The van der Waals surface area contributed by atoms with E-state index in [4.69, 9.17) is 0 Å². The van der Waals surface area contributed by atoms with E-state index in [0.717, 1.165) is 24.2 Å². The van der Waals surface area contributed by atoms with Gasteiger partial charge in [0.1, 0.15) is 0 Å². The first-order chi connectivity index (χ1) is 10.4. The fraction of sp³-hybridized carbons (Fsp3) is 0.158. The highest BCUT2D eigenvalue weighted by Crippen LogP contribution is 2.12. The lowest BCUT2D eigenvalue weighted by atomic mass is 10.1. The summed E-state index contributed by atoms with van der Waals surface area (Å²) in [4.78, 5) is 8.86. The van der Waals surface area contributed by atoms with Gasteiger partial charge in [0.05, 0.1) is 11.4 Å². The Morgan fingerprint density at radius 1 is 0.857 bits per heavy atom. The SMILES string of the molecule is CC/C(=C\C=Nc1ccccc1)CC=Nc1ccccc1. The van der Waals surface area contributed by atoms with Gasteiger partial charge in [0.2, 0.25) is 0 Å². The molecule has 0 heterocycles. The maximum atomic E-state index is 4.45. The van der Waals surface area contributed by atoms with Crippen molar-refractivity contribution in [2.75, 3.05) is 0 Å². The van der Waals surface area contributed by atoms with Crippen molar-refractivity contribution in [3.05, 3.63) is 72.3 Å². The molecule has 0 spiro atoms. The summed E-state index contributed by atoms with van der Waals surface area (Å²) >= 11 is 0. The normalized spacial score (nSPS) is 12.3. The Labute approximate surface area is 126 Å². The Kier molecular flexibility index (Phi) is 6.14. The molecule has 0 fully saturated rings. The van der Waals surface area contributed by atoms with Gasteiger partial charge in [-0.15, -0.1) is 0 Å². The van der Waals surface area contributed by atoms with Crippen LogP contribution in [0.4, 0.5) is 11.4 Å². The van der Waals surface area contributed by atoms with Gasteiger partial charge < -0.3 is 0 Å². The van der Waals surface area contributed by atoms with Crippen molar-refractivity contribution in [2.24, 2.45) is 9.98 Å². The molecule has 0 aromatic heterocycles. The zero-order chi connectivity index (χ0) is 14.8. The van der Waals surface area contributed by atoms with Gasteiger partial charge in [0.25, 0.3) is 0 Å². The first-order valence-corrected chi connectivity index (χ1v) is 7.23. The fourth-order valence-electron chi connectivity index (χ4n) is 1.86. The lowest BCUT2D eigenvalue weighted by molar-refractivity contribution is 1.06. The average molecular weight is 276 g/mol. The predicted octanol–water partition coefficient (Wildman–Crippen LogP) is 5.52. The van der Waals surface area contributed by atoms with Crippen molar-refractivity contribution in [3.63, 3.8) is 0 Å². The van der Waals surface area contributed by atoms with Crippen LogP contribution in [0.5, 0.6) is 0 Å². The smallest absolute Gasteiger partial charge is 0.0629 e. The van der Waals surface area contributed by atoms with Crippen LogP contribution in [0.2, 0.25) is 0 Å². The molecular formula is C19H20N2. The van der Waals surface area contributed by atoms with Crippen LogP contribution in [0.15, 0.2) is 82.3 Å². The summed E-state index contributed by atoms with van der Waals surface area (Å²) in [5, 5.41) is 0. The van der Waals surface area contributed by atoms with E-state index in [0.29, 0.717) is 0 Å². The minimum atomic E-state index is 0.853. The van der Waals surface area contributed by atoms with Crippen molar-refractivity contribution in [2.45, 2.75) is 19.8 Å². The highest BCUT2D eigenvalue weighted by Gasteiger charge is 1.91. The van der Waals surface area contributed by atoms with Crippen molar-refractivity contribution in [1.82, 2.24) is 0 Å². The van der Waals surface area contributed by atoms with Gasteiger partial charge in [-0.1, -0.05) is 48.9 Å². The molecule has 0 atom stereocenters. The third kappa shape index (κ3) is 5.57. The molecule has 2 rings (SSSR count). The molecule has 0 saturated heterocycles. The van der Waals surface area contributed by atoms with Crippen LogP contribution >= 0.6 is 0 Å². The monoisotopic (exact) mass is 276 g/mol. The minimum Gasteiger partial charge on any atom is -0.261 e. The summed E-state index contributed by atoms with van der Waals surface area (Å²) in [7, 11) is 0. The van der Waals surface area contributed by atoms with E-state index in [1.165, 1.54) is 5.57 Å². The number of allylic oxidation sites excluding steroid dienone is 2. The molecule has 0 aliphatic heterocycles. The molecule has 0 amide bonds. The highest BCUT2D eigenvalue weighted by atomic mass is 14.7. The molecule has 0 N–H and O–H groups in total. The van der Waals surface area contributed by atoms with Crippen molar-refractivity contribution >= 4 is 23.8 Å². The van der Waals surface area contributed by atoms with E-state index in [1.54, 1.807) is 0 Å². The van der Waals surface area contributed by atoms with E-state index >= 15 is 0 Å². The van der Waals surface area contributed by atoms with E-state index in [9.17, 15) is 0 Å². The summed E-state index contributed by atoms with van der Waals surface area (Å²) in [6.45, 7) is 2.15. The Balaban J connectivity index is 1.92. The number of hydrogen-bond donors (Lipinski definition) is 0. The second-order valence-corrected chi connectivity index (χ2v) is 4.64. The molecule has 2 heteroatoms. The van der Waals surface area contributed by atoms with Gasteiger partial charge in [0.15, 0.2) is 0 Å². The van der Waals surface area contributed by atoms with Crippen LogP contribution in [0.1, 0.15) is 19.8 Å². The molecule has 0 radical (unpaired) electrons. The Bertz CT molecular complexity index is 611.